The van der Waals surface area contributed by atoms with E-state index < -0.39 is 0 Å². The molecule has 1 amide bonds. The van der Waals surface area contributed by atoms with Crippen LogP contribution in [0.25, 0.3) is 0 Å². The van der Waals surface area contributed by atoms with Crippen LogP contribution in [0.15, 0.2) is 24.3 Å². The van der Waals surface area contributed by atoms with Gasteiger partial charge in [0.1, 0.15) is 5.75 Å². The number of Topliss-reactive ketones (excluding diaryl/α,β-unsaturated/α-hetero) is 1. The minimum absolute atomic E-state index is 0. The molecule has 0 saturated carbocycles. The van der Waals surface area contributed by atoms with Gasteiger partial charge in [0.05, 0.1) is 7.11 Å². The molecule has 0 bridgehead atoms. The number of nitrogens with zero attached hydrogens (tertiary/aromatic N) is 1. The molecule has 0 fully saturated rings. The molecule has 1 unspecified atom stereocenters. The van der Waals surface area contributed by atoms with E-state index in [1.165, 1.54) is 0 Å². The van der Waals surface area contributed by atoms with Gasteiger partial charge in [-0.1, -0.05) is 0 Å². The topological polar surface area (TPSA) is 72.6 Å². The Hall–Kier alpha value is -1.59. The number of ketones is 1. The third-order valence-electron chi connectivity index (χ3n) is 3.60. The zero-order valence-corrected chi connectivity index (χ0v) is 14.2. The maximum absolute atomic E-state index is 12.0. The van der Waals surface area contributed by atoms with Gasteiger partial charge in [-0.05, 0) is 37.6 Å². The summed E-state index contributed by atoms with van der Waals surface area (Å²) in [5.74, 6) is 0.787. The largest absolute Gasteiger partial charge is 0.497 e. The fourth-order valence-electron chi connectivity index (χ4n) is 1.90. The number of likely N-dealkylation sites (N-methyl/N-ethyl adjacent to an activating group) is 1. The number of benzene rings is 1. The van der Waals surface area contributed by atoms with Gasteiger partial charge in [0.25, 0.3) is 0 Å². The fourth-order valence-corrected chi connectivity index (χ4v) is 1.90. The van der Waals surface area contributed by atoms with Crippen LogP contribution in [0.4, 0.5) is 0 Å². The van der Waals surface area contributed by atoms with Crippen LogP contribution in [0.5, 0.6) is 5.75 Å². The van der Waals surface area contributed by atoms with E-state index in [2.05, 4.69) is 0 Å². The number of hydrogen-bond acceptors (Lipinski definition) is 4. The van der Waals surface area contributed by atoms with Crippen LogP contribution >= 0.6 is 12.4 Å². The maximum atomic E-state index is 12.0. The van der Waals surface area contributed by atoms with Crippen molar-refractivity contribution in [3.05, 3.63) is 29.8 Å². The van der Waals surface area contributed by atoms with Crippen molar-refractivity contribution in [2.45, 2.75) is 32.2 Å². The predicted molar refractivity (Wildman–Crippen MR) is 89.7 cm³/mol. The van der Waals surface area contributed by atoms with Crippen molar-refractivity contribution in [1.82, 2.24) is 4.90 Å². The Morgan fingerprint density at radius 2 is 1.82 bits per heavy atom. The van der Waals surface area contributed by atoms with E-state index in [0.29, 0.717) is 31.4 Å². The summed E-state index contributed by atoms with van der Waals surface area (Å²) in [6, 6.07) is 7.02. The van der Waals surface area contributed by atoms with Crippen molar-refractivity contribution in [2.75, 3.05) is 20.7 Å². The van der Waals surface area contributed by atoms with Crippen molar-refractivity contribution >= 4 is 24.1 Å². The molecule has 0 heterocycles. The third-order valence-corrected chi connectivity index (χ3v) is 3.60. The van der Waals surface area contributed by atoms with Gasteiger partial charge in [-0.15, -0.1) is 12.4 Å². The lowest BCUT2D eigenvalue weighted by molar-refractivity contribution is -0.131. The second-order valence-electron chi connectivity index (χ2n) is 5.09. The summed E-state index contributed by atoms with van der Waals surface area (Å²) in [6.07, 6.45) is 1.27. The average molecular weight is 329 g/mol. The molecule has 1 atom stereocenters. The summed E-state index contributed by atoms with van der Waals surface area (Å²) in [6.45, 7) is 2.34. The van der Waals surface area contributed by atoms with Crippen LogP contribution in [0.2, 0.25) is 0 Å². The van der Waals surface area contributed by atoms with Crippen LogP contribution in [-0.4, -0.2) is 43.3 Å². The van der Waals surface area contributed by atoms with E-state index in [1.807, 2.05) is 6.92 Å². The average Bonchev–Trinajstić information content (AvgIpc) is 2.53. The second-order valence-corrected chi connectivity index (χ2v) is 5.09. The summed E-state index contributed by atoms with van der Waals surface area (Å²) in [5, 5.41) is 0. The van der Waals surface area contributed by atoms with Crippen molar-refractivity contribution in [2.24, 2.45) is 5.73 Å². The van der Waals surface area contributed by atoms with E-state index >= 15 is 0 Å². The number of nitrogens with two attached hydrogens (primary N) is 1. The maximum Gasteiger partial charge on any atom is 0.222 e. The molecule has 0 saturated heterocycles. The molecule has 0 radical (unpaired) electrons. The van der Waals surface area contributed by atoms with Gasteiger partial charge in [0, 0.05) is 38.0 Å². The number of ether oxygens (including phenoxy) is 1. The number of carbonyl (C=O) groups is 2. The lowest BCUT2D eigenvalue weighted by Crippen LogP contribution is -2.39. The van der Waals surface area contributed by atoms with Crippen molar-refractivity contribution in [3.8, 4) is 5.75 Å². The number of methoxy groups -OCH3 is 1. The molecule has 2 N–H and O–H groups in total. The Balaban J connectivity index is 0.00000441. The molecule has 0 aromatic heterocycles. The minimum atomic E-state index is 0. The molecule has 5 nitrogen and oxygen atoms in total. The highest BCUT2D eigenvalue weighted by Crippen LogP contribution is 2.14. The fraction of sp³-hybridized carbons (Fsp3) is 0.500. The predicted octanol–water partition coefficient (Wildman–Crippen LogP) is 2.28. The van der Waals surface area contributed by atoms with Gasteiger partial charge in [-0.25, -0.2) is 0 Å². The summed E-state index contributed by atoms with van der Waals surface area (Å²) in [7, 11) is 3.33. The standard InChI is InChI=1S/C16H24N2O3.ClH/c1-12(11-17)18(2)16(20)6-4-5-15(19)13-7-9-14(21-3)10-8-13;/h7-10,12H,4-6,11,17H2,1-3H3;1H. The minimum Gasteiger partial charge on any atom is -0.497 e. The number of rotatable bonds is 8. The smallest absolute Gasteiger partial charge is 0.222 e. The molecule has 1 aromatic carbocycles. The second kappa shape index (κ2) is 10.2. The lowest BCUT2D eigenvalue weighted by Gasteiger charge is -2.23. The molecule has 1 aromatic rings. The molecule has 0 spiro atoms. The van der Waals surface area contributed by atoms with Gasteiger partial charge >= 0.3 is 0 Å². The van der Waals surface area contributed by atoms with Crippen LogP contribution in [0.3, 0.4) is 0 Å². The molecule has 22 heavy (non-hydrogen) atoms. The van der Waals surface area contributed by atoms with Crippen LogP contribution < -0.4 is 10.5 Å². The molecule has 0 aliphatic rings. The Bertz CT molecular complexity index is 477. The molecule has 1 rings (SSSR count). The van der Waals surface area contributed by atoms with E-state index in [4.69, 9.17) is 10.5 Å². The van der Waals surface area contributed by atoms with Gasteiger partial charge in [0.15, 0.2) is 5.78 Å². The van der Waals surface area contributed by atoms with Crippen molar-refractivity contribution in [3.63, 3.8) is 0 Å². The Kier molecular flexibility index (Phi) is 9.45. The van der Waals surface area contributed by atoms with Gasteiger partial charge in [0.2, 0.25) is 5.91 Å². The first kappa shape index (κ1) is 20.4. The van der Waals surface area contributed by atoms with Crippen LogP contribution in [-0.2, 0) is 4.79 Å². The van der Waals surface area contributed by atoms with Gasteiger partial charge < -0.3 is 15.4 Å². The van der Waals surface area contributed by atoms with Crippen LogP contribution in [0, 0.1) is 0 Å². The third kappa shape index (κ3) is 6.03. The zero-order chi connectivity index (χ0) is 15.8. The van der Waals surface area contributed by atoms with E-state index in [0.717, 1.165) is 5.75 Å². The van der Waals surface area contributed by atoms with Gasteiger partial charge in [-0.3, -0.25) is 9.59 Å². The van der Waals surface area contributed by atoms with E-state index in [-0.39, 0.29) is 30.1 Å². The number of halogens is 1. The summed E-state index contributed by atoms with van der Waals surface area (Å²) in [4.78, 5) is 25.5. The molecule has 124 valence electrons. The SMILES string of the molecule is COc1ccc(C(=O)CCCC(=O)N(C)C(C)CN)cc1.Cl. The first-order valence-corrected chi connectivity index (χ1v) is 7.12. The summed E-state index contributed by atoms with van der Waals surface area (Å²) in [5.41, 5.74) is 6.17. The van der Waals surface area contributed by atoms with Crippen LogP contribution in [0.1, 0.15) is 36.5 Å². The van der Waals surface area contributed by atoms with E-state index in [9.17, 15) is 9.59 Å². The Morgan fingerprint density at radius 3 is 2.32 bits per heavy atom. The molecular formula is C16H25ClN2O3. The van der Waals surface area contributed by atoms with E-state index in [1.54, 1.807) is 43.3 Å². The summed E-state index contributed by atoms with van der Waals surface area (Å²) < 4.78 is 5.05. The monoisotopic (exact) mass is 328 g/mol. The molecule has 6 heteroatoms. The Labute approximate surface area is 138 Å². The van der Waals surface area contributed by atoms with Gasteiger partial charge in [-0.2, -0.15) is 0 Å². The quantitative estimate of drug-likeness (QED) is 0.743. The molecular weight excluding hydrogens is 304 g/mol. The normalized spacial score (nSPS) is 11.3. The molecule has 0 aliphatic carbocycles. The number of hydrogen-bond donors (Lipinski definition) is 1. The number of amides is 1. The highest BCUT2D eigenvalue weighted by molar-refractivity contribution is 5.96. The highest BCUT2D eigenvalue weighted by Gasteiger charge is 2.14. The summed E-state index contributed by atoms with van der Waals surface area (Å²) >= 11 is 0. The Morgan fingerprint density at radius 1 is 1.23 bits per heavy atom. The van der Waals surface area contributed by atoms with Crippen molar-refractivity contribution in [1.29, 1.82) is 0 Å². The first-order chi connectivity index (χ1) is 9.99. The first-order valence-electron chi connectivity index (χ1n) is 7.12. The highest BCUT2D eigenvalue weighted by atomic mass is 35.5. The van der Waals surface area contributed by atoms with Crippen molar-refractivity contribution < 1.29 is 14.3 Å². The molecule has 0 aliphatic heterocycles. The zero-order valence-electron chi connectivity index (χ0n) is 13.4. The lowest BCUT2D eigenvalue weighted by atomic mass is 10.0. The number of carbonyl (C=O) groups excluding carboxylic acids is 2.